The quantitative estimate of drug-likeness (QED) is 0.487. The molecule has 0 spiro atoms. The lowest BCUT2D eigenvalue weighted by Gasteiger charge is -2.30. The Morgan fingerprint density at radius 3 is 2.91 bits per heavy atom. The minimum Gasteiger partial charge on any atom is -0.396 e. The first-order chi connectivity index (χ1) is 15.9. The Morgan fingerprint density at radius 2 is 2.15 bits per heavy atom. The highest BCUT2D eigenvalue weighted by molar-refractivity contribution is 6.07. The van der Waals surface area contributed by atoms with E-state index in [-0.39, 0.29) is 25.0 Å². The van der Waals surface area contributed by atoms with Crippen molar-refractivity contribution in [3.05, 3.63) is 47.8 Å². The number of aromatic nitrogens is 3. The van der Waals surface area contributed by atoms with Gasteiger partial charge >= 0.3 is 0 Å². The number of anilines is 2. The molecule has 2 aliphatic rings. The third-order valence-corrected chi connectivity index (χ3v) is 6.35. The van der Waals surface area contributed by atoms with E-state index in [2.05, 4.69) is 15.6 Å². The molecule has 1 aromatic carbocycles. The van der Waals surface area contributed by atoms with Crippen molar-refractivity contribution in [1.29, 1.82) is 0 Å². The first kappa shape index (κ1) is 23.1. The van der Waals surface area contributed by atoms with Gasteiger partial charge in [-0.05, 0) is 24.6 Å². The van der Waals surface area contributed by atoms with Crippen LogP contribution < -0.4 is 15.1 Å². The lowest BCUT2D eigenvalue weighted by atomic mass is 9.82. The fourth-order valence-electron chi connectivity index (χ4n) is 4.41. The highest BCUT2D eigenvalue weighted by atomic mass is 16.3. The van der Waals surface area contributed by atoms with Crippen molar-refractivity contribution < 1.29 is 19.8 Å². The molecule has 0 radical (unpaired) electrons. The van der Waals surface area contributed by atoms with Gasteiger partial charge in [-0.15, -0.1) is 5.10 Å². The summed E-state index contributed by atoms with van der Waals surface area (Å²) in [6.07, 6.45) is 6.68. The second-order valence-electron chi connectivity index (χ2n) is 8.51. The first-order valence-corrected chi connectivity index (χ1v) is 11.2. The first-order valence-electron chi connectivity index (χ1n) is 11.2. The van der Waals surface area contributed by atoms with E-state index in [4.69, 9.17) is 5.11 Å². The van der Waals surface area contributed by atoms with Crippen molar-refractivity contribution in [2.75, 3.05) is 43.1 Å². The molecule has 176 valence electrons. The van der Waals surface area contributed by atoms with E-state index in [1.807, 2.05) is 25.1 Å². The summed E-state index contributed by atoms with van der Waals surface area (Å²) in [4.78, 5) is 28.6. The van der Waals surface area contributed by atoms with E-state index in [0.29, 0.717) is 49.4 Å². The molecule has 2 aliphatic heterocycles. The summed E-state index contributed by atoms with van der Waals surface area (Å²) < 4.78 is 1.70. The lowest BCUT2D eigenvalue weighted by molar-refractivity contribution is -0.139. The van der Waals surface area contributed by atoms with E-state index in [9.17, 15) is 14.7 Å². The Morgan fingerprint density at radius 1 is 1.33 bits per heavy atom. The zero-order valence-electron chi connectivity index (χ0n) is 18.9. The van der Waals surface area contributed by atoms with Crippen LogP contribution in [-0.2, 0) is 28.2 Å². The molecule has 4 rings (SSSR count). The second kappa shape index (κ2) is 9.42. The normalized spacial score (nSPS) is 21.8. The predicted octanol–water partition coefficient (Wildman–Crippen LogP) is 0.196. The molecule has 2 atom stereocenters. The van der Waals surface area contributed by atoms with Crippen LogP contribution >= 0.6 is 0 Å². The number of aryl methyl sites for hydroxylation is 1. The zero-order valence-corrected chi connectivity index (χ0v) is 18.9. The third kappa shape index (κ3) is 4.29. The van der Waals surface area contributed by atoms with Crippen molar-refractivity contribution in [3.63, 3.8) is 0 Å². The lowest BCUT2D eigenvalue weighted by Crippen LogP contribution is -2.48. The molecule has 3 heterocycles. The molecule has 0 aliphatic carbocycles. The molecule has 33 heavy (non-hydrogen) atoms. The van der Waals surface area contributed by atoms with Crippen LogP contribution in [0.3, 0.4) is 0 Å². The second-order valence-corrected chi connectivity index (χ2v) is 8.51. The number of rotatable bonds is 8. The Balaban J connectivity index is 1.51. The Bertz CT molecular complexity index is 1070. The summed E-state index contributed by atoms with van der Waals surface area (Å²) in [6.45, 7) is 3.94. The van der Waals surface area contributed by atoms with Crippen LogP contribution in [0.2, 0.25) is 0 Å². The minimum atomic E-state index is -1.71. The van der Waals surface area contributed by atoms with Gasteiger partial charge in [0, 0.05) is 63.1 Å². The molecule has 0 saturated carbocycles. The van der Waals surface area contributed by atoms with Crippen molar-refractivity contribution in [2.45, 2.75) is 31.9 Å². The van der Waals surface area contributed by atoms with Gasteiger partial charge in [-0.2, -0.15) is 0 Å². The molecule has 1 saturated heterocycles. The number of carbonyl (C=O) groups is 2. The van der Waals surface area contributed by atoms with Gasteiger partial charge < -0.3 is 25.3 Å². The average molecular weight is 455 g/mol. The van der Waals surface area contributed by atoms with Gasteiger partial charge in [0.2, 0.25) is 5.91 Å². The number of fused-ring (bicyclic) bond motifs is 1. The average Bonchev–Trinajstić information content (AvgIpc) is 3.34. The van der Waals surface area contributed by atoms with E-state index < -0.39 is 11.5 Å². The number of carbonyl (C=O) groups excluding carboxylic acids is 2. The summed E-state index contributed by atoms with van der Waals surface area (Å²) >= 11 is 0. The molecule has 2 aromatic rings. The number of likely N-dealkylation sites (N-methyl/N-ethyl adjacent to an activating group) is 1. The van der Waals surface area contributed by atoms with E-state index in [1.165, 1.54) is 4.90 Å². The molecule has 10 heteroatoms. The Kier molecular flexibility index (Phi) is 6.59. The summed E-state index contributed by atoms with van der Waals surface area (Å²) in [5.74, 6) is -0.905. The van der Waals surface area contributed by atoms with Crippen molar-refractivity contribution in [2.24, 2.45) is 5.92 Å². The van der Waals surface area contributed by atoms with Crippen molar-refractivity contribution in [1.82, 2.24) is 20.3 Å². The number of allylic oxidation sites excluding steroid dienone is 1. The Labute approximate surface area is 192 Å². The number of benzene rings is 1. The van der Waals surface area contributed by atoms with Crippen LogP contribution in [-0.4, -0.2) is 70.3 Å². The summed E-state index contributed by atoms with van der Waals surface area (Å²) in [5, 5.41) is 31.7. The minimum absolute atomic E-state index is 0.0309. The fraction of sp³-hybridized carbons (Fsp3) is 0.478. The van der Waals surface area contributed by atoms with Crippen LogP contribution in [0, 0.1) is 5.92 Å². The number of nitrogens with zero attached hydrogens (tertiary/aromatic N) is 5. The molecule has 10 nitrogen and oxygen atoms in total. The van der Waals surface area contributed by atoms with Crippen LogP contribution in [0.5, 0.6) is 0 Å². The highest BCUT2D eigenvalue weighted by Gasteiger charge is 2.51. The topological polar surface area (TPSA) is 124 Å². The van der Waals surface area contributed by atoms with Crippen LogP contribution in [0.4, 0.5) is 11.4 Å². The molecular weight excluding hydrogens is 424 g/mol. The maximum absolute atomic E-state index is 13.1. The molecule has 1 fully saturated rings. The summed E-state index contributed by atoms with van der Waals surface area (Å²) in [7, 11) is 1.65. The van der Waals surface area contributed by atoms with Gasteiger partial charge in [0.25, 0.3) is 5.91 Å². The number of hydrogen-bond donors (Lipinski definition) is 3. The van der Waals surface area contributed by atoms with E-state index >= 15 is 0 Å². The zero-order chi connectivity index (χ0) is 23.6. The van der Waals surface area contributed by atoms with Gasteiger partial charge in [0.15, 0.2) is 5.60 Å². The molecule has 1 aromatic heterocycles. The number of aliphatic hydroxyl groups excluding tert-OH is 1. The van der Waals surface area contributed by atoms with Crippen molar-refractivity contribution >= 4 is 23.2 Å². The van der Waals surface area contributed by atoms with Crippen LogP contribution in [0.25, 0.3) is 0 Å². The SMILES string of the molecule is C[C@H](/C=C/CCn1cc(CCO)nn1)[C@@]1(O)C(=O)N(C)c2ccc(N3CCNCC3=O)cc21. The summed E-state index contributed by atoms with van der Waals surface area (Å²) in [6, 6.07) is 5.38. The number of piperazine rings is 1. The van der Waals surface area contributed by atoms with E-state index in [0.717, 1.165) is 5.69 Å². The van der Waals surface area contributed by atoms with Gasteiger partial charge in [0.1, 0.15) is 0 Å². The van der Waals surface area contributed by atoms with Crippen LogP contribution in [0.1, 0.15) is 24.6 Å². The van der Waals surface area contributed by atoms with Gasteiger partial charge in [0.05, 0.1) is 17.9 Å². The van der Waals surface area contributed by atoms with E-state index in [1.54, 1.807) is 35.0 Å². The molecular formula is C23H30N6O4. The molecule has 2 amide bonds. The maximum Gasteiger partial charge on any atom is 0.264 e. The monoisotopic (exact) mass is 454 g/mol. The van der Waals surface area contributed by atoms with Crippen molar-refractivity contribution in [3.8, 4) is 0 Å². The van der Waals surface area contributed by atoms with Crippen LogP contribution in [0.15, 0.2) is 36.5 Å². The number of amides is 2. The fourth-order valence-corrected chi connectivity index (χ4v) is 4.41. The Hall–Kier alpha value is -3.08. The summed E-state index contributed by atoms with van der Waals surface area (Å²) in [5.41, 5.74) is 0.867. The molecule has 0 bridgehead atoms. The highest BCUT2D eigenvalue weighted by Crippen LogP contribution is 2.46. The number of aliphatic hydroxyl groups is 2. The third-order valence-electron chi connectivity index (χ3n) is 6.35. The molecule has 3 N–H and O–H groups in total. The molecule has 0 unspecified atom stereocenters. The maximum atomic E-state index is 13.1. The number of nitrogens with one attached hydrogen (secondary N) is 1. The van der Waals surface area contributed by atoms with Gasteiger partial charge in [-0.3, -0.25) is 14.3 Å². The van der Waals surface area contributed by atoms with Gasteiger partial charge in [-0.1, -0.05) is 24.3 Å². The smallest absolute Gasteiger partial charge is 0.264 e. The predicted molar refractivity (Wildman–Crippen MR) is 123 cm³/mol. The largest absolute Gasteiger partial charge is 0.396 e. The number of hydrogen-bond acceptors (Lipinski definition) is 7. The standard InChI is InChI=1S/C23H30N6O4/c1-16(5-3-4-10-28-15-17(8-12-30)25-26-28)23(33)19-13-18(29-11-9-24-14-21(29)31)6-7-20(19)27(2)22(23)32/h3,5-7,13,15-16,24,30,33H,4,8-12,14H2,1-2H3/b5-3+/t16-,23+/m1/s1. The van der Waals surface area contributed by atoms with Gasteiger partial charge in [-0.25, -0.2) is 0 Å².